The highest BCUT2D eigenvalue weighted by molar-refractivity contribution is 5.90. The Balaban J connectivity index is 2.22. The molecule has 1 N–H and O–H groups in total. The van der Waals surface area contributed by atoms with Crippen molar-refractivity contribution in [2.45, 2.75) is 0 Å². The average molecular weight is 182 g/mol. The fourth-order valence-electron chi connectivity index (χ4n) is 1.63. The van der Waals surface area contributed by atoms with Crippen molar-refractivity contribution in [1.82, 2.24) is 15.3 Å². The highest BCUT2D eigenvalue weighted by atomic mass is 14.9. The van der Waals surface area contributed by atoms with Crippen LogP contribution in [0.4, 0.5) is 0 Å². The fraction of sp³-hybridized carbons (Fsp3) is 0. The van der Waals surface area contributed by atoms with Gasteiger partial charge < -0.3 is 4.98 Å². The number of rotatable bonds is 1. The van der Waals surface area contributed by atoms with Gasteiger partial charge in [0.2, 0.25) is 0 Å². The van der Waals surface area contributed by atoms with Gasteiger partial charge in [-0.05, 0) is 24.3 Å². The summed E-state index contributed by atoms with van der Waals surface area (Å²) in [6.45, 7) is 0. The highest BCUT2D eigenvalue weighted by Gasteiger charge is 2.09. The van der Waals surface area contributed by atoms with Crippen LogP contribution in [0.3, 0.4) is 0 Å². The van der Waals surface area contributed by atoms with Gasteiger partial charge in [-0.2, -0.15) is 0 Å². The first-order valence-corrected chi connectivity index (χ1v) is 4.45. The third-order valence-corrected chi connectivity index (χ3v) is 2.28. The lowest BCUT2D eigenvalue weighted by molar-refractivity contribution is 1.23. The number of aromatic nitrogens is 2. The van der Waals surface area contributed by atoms with Crippen LogP contribution in [-0.2, 0) is 0 Å². The molecule has 3 heterocycles. The minimum atomic E-state index is 0.908. The summed E-state index contributed by atoms with van der Waals surface area (Å²) in [5.74, 6) is 0. The monoisotopic (exact) mass is 182 g/mol. The molecule has 0 atom stereocenters. The number of nitrogens with zero attached hydrogens (tertiary/aromatic N) is 2. The van der Waals surface area contributed by atoms with Crippen LogP contribution in [0.5, 0.6) is 0 Å². The van der Waals surface area contributed by atoms with Crippen molar-refractivity contribution in [1.29, 1.82) is 0 Å². The van der Waals surface area contributed by atoms with Crippen molar-refractivity contribution in [3.8, 4) is 0 Å². The molecule has 0 fully saturated rings. The zero-order valence-electron chi connectivity index (χ0n) is 7.44. The maximum Gasteiger partial charge on any atom is 0.137 e. The second-order valence-electron chi connectivity index (χ2n) is 3.12. The fourth-order valence-corrected chi connectivity index (χ4v) is 1.63. The molecule has 0 unspecified atom stereocenters. The quantitative estimate of drug-likeness (QED) is 0.720. The van der Waals surface area contributed by atoms with Gasteiger partial charge in [0.25, 0.3) is 0 Å². The second kappa shape index (κ2) is 2.73. The minimum Gasteiger partial charge on any atom is -0.345 e. The Kier molecular flexibility index (Phi) is 1.44. The summed E-state index contributed by atoms with van der Waals surface area (Å²) in [6, 6.07) is 3.98. The summed E-state index contributed by atoms with van der Waals surface area (Å²) in [5, 5.41) is 5.38. The van der Waals surface area contributed by atoms with Crippen molar-refractivity contribution in [2.75, 3.05) is 0 Å². The number of aromatic amines is 1. The lowest BCUT2D eigenvalue weighted by atomic mass is 10.1. The topological polar surface area (TPSA) is 42.8 Å². The number of H-pyrrole nitrogens is 1. The molecule has 0 aliphatic carbocycles. The molecule has 1 aliphatic heterocycles. The third kappa shape index (κ3) is 0.956. The molecule has 0 amide bonds. The predicted molar refractivity (Wildman–Crippen MR) is 55.3 cm³/mol. The summed E-state index contributed by atoms with van der Waals surface area (Å²) in [4.78, 5) is 7.35. The molecule has 3 nitrogen and oxygen atoms in total. The molecule has 2 aromatic rings. The van der Waals surface area contributed by atoms with E-state index in [-0.39, 0.29) is 0 Å². The Morgan fingerprint density at radius 1 is 1.29 bits per heavy atom. The first kappa shape index (κ1) is 7.38. The van der Waals surface area contributed by atoms with E-state index in [2.05, 4.69) is 15.3 Å². The van der Waals surface area contributed by atoms with E-state index in [0.717, 1.165) is 22.3 Å². The van der Waals surface area contributed by atoms with Crippen LogP contribution in [0, 0.1) is 0 Å². The summed E-state index contributed by atoms with van der Waals surface area (Å²) in [6.07, 6.45) is 9.45. The summed E-state index contributed by atoms with van der Waals surface area (Å²) >= 11 is 0. The van der Waals surface area contributed by atoms with E-state index in [4.69, 9.17) is 0 Å². The number of allylic oxidation sites excluding steroid dienone is 2. The molecule has 1 radical (unpaired) electrons. The second-order valence-corrected chi connectivity index (χ2v) is 3.12. The zero-order chi connectivity index (χ0) is 9.38. The van der Waals surface area contributed by atoms with E-state index in [0.29, 0.717) is 0 Å². The zero-order valence-corrected chi connectivity index (χ0v) is 7.44. The average Bonchev–Trinajstić information content (AvgIpc) is 2.85. The van der Waals surface area contributed by atoms with Crippen molar-refractivity contribution in [2.24, 2.45) is 0 Å². The van der Waals surface area contributed by atoms with E-state index in [1.165, 1.54) is 0 Å². The van der Waals surface area contributed by atoms with E-state index in [1.54, 1.807) is 12.4 Å². The normalized spacial score (nSPS) is 14.4. The van der Waals surface area contributed by atoms with Gasteiger partial charge in [0.15, 0.2) is 0 Å². The predicted octanol–water partition coefficient (Wildman–Crippen LogP) is 2.04. The number of nitrogens with one attached hydrogen (secondary N) is 1. The molecular formula is C11H8N3. The van der Waals surface area contributed by atoms with Crippen LogP contribution in [-0.4, -0.2) is 9.97 Å². The highest BCUT2D eigenvalue weighted by Crippen LogP contribution is 2.24. The van der Waals surface area contributed by atoms with Gasteiger partial charge >= 0.3 is 0 Å². The van der Waals surface area contributed by atoms with Crippen LogP contribution in [0.25, 0.3) is 16.7 Å². The number of pyridine rings is 1. The molecule has 0 bridgehead atoms. The van der Waals surface area contributed by atoms with Gasteiger partial charge in [-0.15, -0.1) is 0 Å². The first-order valence-electron chi connectivity index (χ1n) is 4.45. The Bertz CT molecular complexity index is 534. The maximum absolute atomic E-state index is 4.26. The molecular weight excluding hydrogens is 174 g/mol. The van der Waals surface area contributed by atoms with E-state index >= 15 is 0 Å². The maximum atomic E-state index is 4.26. The van der Waals surface area contributed by atoms with Crippen molar-refractivity contribution in [3.63, 3.8) is 0 Å². The number of hydrogen-bond donors (Lipinski definition) is 1. The van der Waals surface area contributed by atoms with Gasteiger partial charge in [0.05, 0.1) is 5.70 Å². The molecule has 0 spiro atoms. The molecule has 2 aromatic heterocycles. The third-order valence-electron chi connectivity index (χ3n) is 2.28. The largest absolute Gasteiger partial charge is 0.345 e. The molecule has 1 aliphatic rings. The van der Waals surface area contributed by atoms with Crippen LogP contribution >= 0.6 is 0 Å². The standard InChI is InChI=1S/C11H8N3/c1-3-8-9(10-4-2-5-12-10)7-14-11(8)13-6-1/h1-7H,(H,13,14). The van der Waals surface area contributed by atoms with E-state index < -0.39 is 0 Å². The van der Waals surface area contributed by atoms with Crippen molar-refractivity contribution >= 4 is 16.7 Å². The van der Waals surface area contributed by atoms with Crippen LogP contribution in [0.15, 0.2) is 42.9 Å². The minimum absolute atomic E-state index is 0.908. The van der Waals surface area contributed by atoms with Gasteiger partial charge in [-0.1, -0.05) is 0 Å². The van der Waals surface area contributed by atoms with E-state index in [9.17, 15) is 0 Å². The van der Waals surface area contributed by atoms with Gasteiger partial charge in [-0.25, -0.2) is 4.98 Å². The molecule has 67 valence electrons. The van der Waals surface area contributed by atoms with Crippen LogP contribution in [0.2, 0.25) is 0 Å². The van der Waals surface area contributed by atoms with Crippen molar-refractivity contribution in [3.05, 3.63) is 48.4 Å². The SMILES string of the molecule is C1=C[N]C(c2c[nH]c3ncccc23)=C1. The molecule has 0 saturated heterocycles. The first-order chi connectivity index (χ1) is 6.95. The van der Waals surface area contributed by atoms with Crippen LogP contribution in [0.1, 0.15) is 5.56 Å². The number of fused-ring (bicyclic) bond motifs is 1. The lowest BCUT2D eigenvalue weighted by Gasteiger charge is -1.97. The van der Waals surface area contributed by atoms with E-state index in [1.807, 2.05) is 30.5 Å². The molecule has 0 aromatic carbocycles. The Hall–Kier alpha value is -2.03. The van der Waals surface area contributed by atoms with Gasteiger partial charge in [-0.3, -0.25) is 5.32 Å². The smallest absolute Gasteiger partial charge is 0.137 e. The molecule has 14 heavy (non-hydrogen) atoms. The Morgan fingerprint density at radius 3 is 3.14 bits per heavy atom. The lowest BCUT2D eigenvalue weighted by Crippen LogP contribution is -1.89. The summed E-state index contributed by atoms with van der Waals surface area (Å²) in [5.41, 5.74) is 3.01. The Labute approximate surface area is 81.2 Å². The summed E-state index contributed by atoms with van der Waals surface area (Å²) < 4.78 is 0. The van der Waals surface area contributed by atoms with Crippen LogP contribution < -0.4 is 5.32 Å². The van der Waals surface area contributed by atoms with Gasteiger partial charge in [0.1, 0.15) is 5.65 Å². The number of hydrogen-bond acceptors (Lipinski definition) is 1. The molecule has 3 rings (SSSR count). The van der Waals surface area contributed by atoms with Crippen molar-refractivity contribution < 1.29 is 0 Å². The summed E-state index contributed by atoms with van der Waals surface area (Å²) in [7, 11) is 0. The molecule has 3 heteroatoms. The Morgan fingerprint density at radius 2 is 2.29 bits per heavy atom. The van der Waals surface area contributed by atoms with Gasteiger partial charge in [0, 0.05) is 29.5 Å². The molecule has 0 saturated carbocycles.